The maximum absolute atomic E-state index is 12.0. The first kappa shape index (κ1) is 19.1. The summed E-state index contributed by atoms with van der Waals surface area (Å²) in [4.78, 5) is 25.3. The Hall–Kier alpha value is -0.910. The molecule has 0 aromatic carbocycles. The summed E-state index contributed by atoms with van der Waals surface area (Å²) in [5.74, 6) is 1.91. The van der Waals surface area contributed by atoms with Crippen molar-refractivity contribution in [2.45, 2.75) is 46.6 Å². The van der Waals surface area contributed by atoms with E-state index in [0.29, 0.717) is 0 Å². The van der Waals surface area contributed by atoms with E-state index in [0.717, 1.165) is 31.0 Å². The first-order valence-electron chi connectivity index (χ1n) is 7.12. The monoisotopic (exact) mass is 304 g/mol. The Labute approximate surface area is 126 Å². The van der Waals surface area contributed by atoms with E-state index in [1.165, 1.54) is 0 Å². The smallest absolute Gasteiger partial charge is 0.408 e. The molecule has 0 bridgehead atoms. The quantitative estimate of drug-likeness (QED) is 0.700. The molecule has 0 rings (SSSR count). The Morgan fingerprint density at radius 1 is 1.20 bits per heavy atom. The lowest BCUT2D eigenvalue weighted by Gasteiger charge is -2.23. The predicted octanol–water partition coefficient (Wildman–Crippen LogP) is 2.50. The summed E-state index contributed by atoms with van der Waals surface area (Å²) in [5.41, 5.74) is -0.548. The molecule has 5 nitrogen and oxygen atoms in total. The van der Waals surface area contributed by atoms with Gasteiger partial charge in [0, 0.05) is 18.8 Å². The minimum atomic E-state index is -0.551. The first-order chi connectivity index (χ1) is 9.30. The van der Waals surface area contributed by atoms with Crippen LogP contribution in [-0.4, -0.2) is 53.6 Å². The molecule has 6 heteroatoms. The average molecular weight is 304 g/mol. The molecule has 20 heavy (non-hydrogen) atoms. The molecule has 0 aromatic heterocycles. The molecule has 0 aliphatic rings. The molecule has 0 spiro atoms. The molecule has 0 atom stereocenters. The van der Waals surface area contributed by atoms with Gasteiger partial charge in [-0.1, -0.05) is 13.8 Å². The van der Waals surface area contributed by atoms with Crippen molar-refractivity contribution in [3.8, 4) is 0 Å². The molecule has 0 aromatic rings. The Morgan fingerprint density at radius 3 is 2.35 bits per heavy atom. The van der Waals surface area contributed by atoms with E-state index in [9.17, 15) is 9.59 Å². The Morgan fingerprint density at radius 2 is 1.85 bits per heavy atom. The lowest BCUT2D eigenvalue weighted by molar-refractivity contribution is -0.130. The average Bonchev–Trinajstić information content (AvgIpc) is 2.33. The zero-order chi connectivity index (χ0) is 15.6. The van der Waals surface area contributed by atoms with E-state index >= 15 is 0 Å². The van der Waals surface area contributed by atoms with E-state index in [4.69, 9.17) is 4.74 Å². The van der Waals surface area contributed by atoms with Gasteiger partial charge < -0.3 is 15.0 Å². The van der Waals surface area contributed by atoms with Gasteiger partial charge in [0.25, 0.3) is 0 Å². The molecule has 0 fully saturated rings. The number of hydrogen-bond acceptors (Lipinski definition) is 4. The lowest BCUT2D eigenvalue weighted by Crippen LogP contribution is -2.43. The fourth-order valence-corrected chi connectivity index (χ4v) is 2.16. The van der Waals surface area contributed by atoms with E-state index < -0.39 is 11.7 Å². The van der Waals surface area contributed by atoms with Gasteiger partial charge in [-0.05, 0) is 32.9 Å². The SMILES string of the molecule is CCCN(CCSCC)C(=O)CNC(=O)OC(C)(C)C. The van der Waals surface area contributed by atoms with Gasteiger partial charge in [0.05, 0.1) is 0 Å². The van der Waals surface area contributed by atoms with Crippen molar-refractivity contribution < 1.29 is 14.3 Å². The van der Waals surface area contributed by atoms with Gasteiger partial charge in [-0.3, -0.25) is 4.79 Å². The van der Waals surface area contributed by atoms with Crippen molar-refractivity contribution in [2.24, 2.45) is 0 Å². The standard InChI is InChI=1S/C14H28N2O3S/c1-6-8-16(9-10-20-7-2)12(17)11-15-13(18)19-14(3,4)5/h6-11H2,1-5H3,(H,15,18). The van der Waals surface area contributed by atoms with Crippen LogP contribution in [0.4, 0.5) is 4.79 Å². The maximum atomic E-state index is 12.0. The summed E-state index contributed by atoms with van der Waals surface area (Å²) in [5, 5.41) is 2.51. The van der Waals surface area contributed by atoms with Crippen LogP contribution < -0.4 is 5.32 Å². The highest BCUT2D eigenvalue weighted by atomic mass is 32.2. The Balaban J connectivity index is 4.15. The molecular formula is C14H28N2O3S. The van der Waals surface area contributed by atoms with Gasteiger partial charge >= 0.3 is 6.09 Å². The van der Waals surface area contributed by atoms with Gasteiger partial charge in [0.2, 0.25) is 5.91 Å². The van der Waals surface area contributed by atoms with Crippen LogP contribution in [0.25, 0.3) is 0 Å². The van der Waals surface area contributed by atoms with Crippen molar-refractivity contribution >= 4 is 23.8 Å². The minimum Gasteiger partial charge on any atom is -0.444 e. The highest BCUT2D eigenvalue weighted by Crippen LogP contribution is 2.06. The highest BCUT2D eigenvalue weighted by molar-refractivity contribution is 7.99. The molecule has 0 saturated heterocycles. The molecule has 0 heterocycles. The van der Waals surface area contributed by atoms with E-state index in [-0.39, 0.29) is 12.5 Å². The summed E-state index contributed by atoms with van der Waals surface area (Å²) < 4.78 is 5.10. The normalized spacial score (nSPS) is 11.1. The predicted molar refractivity (Wildman–Crippen MR) is 84.1 cm³/mol. The maximum Gasteiger partial charge on any atom is 0.408 e. The minimum absolute atomic E-state index is 0.00823. The molecule has 2 amide bonds. The summed E-state index contributed by atoms with van der Waals surface area (Å²) in [6, 6.07) is 0. The molecule has 0 saturated carbocycles. The van der Waals surface area contributed by atoms with Gasteiger partial charge in [0.15, 0.2) is 0 Å². The van der Waals surface area contributed by atoms with Gasteiger partial charge in [-0.15, -0.1) is 0 Å². The van der Waals surface area contributed by atoms with E-state index in [1.54, 1.807) is 37.4 Å². The van der Waals surface area contributed by atoms with Crippen molar-refractivity contribution in [1.82, 2.24) is 10.2 Å². The van der Waals surface area contributed by atoms with Crippen LogP contribution in [0.15, 0.2) is 0 Å². The van der Waals surface area contributed by atoms with Crippen LogP contribution in [0.3, 0.4) is 0 Å². The number of hydrogen-bond donors (Lipinski definition) is 1. The van der Waals surface area contributed by atoms with Crippen molar-refractivity contribution in [2.75, 3.05) is 31.1 Å². The van der Waals surface area contributed by atoms with Crippen molar-refractivity contribution in [1.29, 1.82) is 0 Å². The number of carbonyl (C=O) groups excluding carboxylic acids is 2. The van der Waals surface area contributed by atoms with Crippen LogP contribution >= 0.6 is 11.8 Å². The van der Waals surface area contributed by atoms with Gasteiger partial charge in [-0.2, -0.15) is 11.8 Å². The third kappa shape index (κ3) is 9.95. The van der Waals surface area contributed by atoms with Crippen LogP contribution in [0.2, 0.25) is 0 Å². The molecule has 0 aliphatic heterocycles. The molecule has 118 valence electrons. The van der Waals surface area contributed by atoms with Crippen LogP contribution in [0.1, 0.15) is 41.0 Å². The van der Waals surface area contributed by atoms with Crippen LogP contribution in [0, 0.1) is 0 Å². The molecule has 1 N–H and O–H groups in total. The highest BCUT2D eigenvalue weighted by Gasteiger charge is 2.18. The first-order valence-corrected chi connectivity index (χ1v) is 8.28. The third-order valence-corrected chi connectivity index (χ3v) is 3.22. The molecule has 0 radical (unpaired) electrons. The Kier molecular flexibility index (Phi) is 9.46. The van der Waals surface area contributed by atoms with Crippen LogP contribution in [0.5, 0.6) is 0 Å². The second kappa shape index (κ2) is 9.91. The van der Waals surface area contributed by atoms with Crippen molar-refractivity contribution in [3.63, 3.8) is 0 Å². The number of ether oxygens (including phenoxy) is 1. The summed E-state index contributed by atoms with van der Waals surface area (Å²) in [6.45, 7) is 10.9. The second-order valence-electron chi connectivity index (χ2n) is 5.43. The number of nitrogens with zero attached hydrogens (tertiary/aromatic N) is 1. The van der Waals surface area contributed by atoms with Gasteiger partial charge in [0.1, 0.15) is 12.1 Å². The second-order valence-corrected chi connectivity index (χ2v) is 6.83. The third-order valence-electron chi connectivity index (χ3n) is 2.34. The topological polar surface area (TPSA) is 58.6 Å². The van der Waals surface area contributed by atoms with E-state index in [2.05, 4.69) is 12.2 Å². The van der Waals surface area contributed by atoms with Gasteiger partial charge in [-0.25, -0.2) is 4.79 Å². The lowest BCUT2D eigenvalue weighted by atomic mass is 10.2. The largest absolute Gasteiger partial charge is 0.444 e. The number of amides is 2. The summed E-state index contributed by atoms with van der Waals surface area (Å²) >= 11 is 1.81. The molecule has 0 unspecified atom stereocenters. The molecule has 0 aliphatic carbocycles. The molecular weight excluding hydrogens is 276 g/mol. The number of rotatable bonds is 8. The zero-order valence-electron chi connectivity index (χ0n) is 13.3. The Bertz CT molecular complexity index is 303. The number of alkyl carbamates (subject to hydrolysis) is 1. The van der Waals surface area contributed by atoms with Crippen LogP contribution in [-0.2, 0) is 9.53 Å². The number of carbonyl (C=O) groups is 2. The fourth-order valence-electron chi connectivity index (χ4n) is 1.52. The summed E-state index contributed by atoms with van der Waals surface area (Å²) in [7, 11) is 0. The fraction of sp³-hybridized carbons (Fsp3) is 0.857. The number of thioether (sulfide) groups is 1. The number of nitrogens with one attached hydrogen (secondary N) is 1. The zero-order valence-corrected chi connectivity index (χ0v) is 14.1. The van der Waals surface area contributed by atoms with E-state index in [1.807, 2.05) is 6.92 Å². The van der Waals surface area contributed by atoms with Crippen molar-refractivity contribution in [3.05, 3.63) is 0 Å². The summed E-state index contributed by atoms with van der Waals surface area (Å²) in [6.07, 6.45) is 0.361.